The molecule has 1 aliphatic carbocycles. The molecule has 0 atom stereocenters. The third-order valence-electron chi connectivity index (χ3n) is 3.48. The number of benzene rings is 1. The van der Waals surface area contributed by atoms with Crippen molar-refractivity contribution in [3.05, 3.63) is 53.3 Å². The summed E-state index contributed by atoms with van der Waals surface area (Å²) < 4.78 is 1.84. The van der Waals surface area contributed by atoms with E-state index < -0.39 is 0 Å². The minimum absolute atomic E-state index is 0.821. The highest BCUT2D eigenvalue weighted by Gasteiger charge is 2.25. The highest BCUT2D eigenvalue weighted by molar-refractivity contribution is 5.33. The van der Waals surface area contributed by atoms with Gasteiger partial charge in [-0.05, 0) is 29.9 Å². The second-order valence-electron chi connectivity index (χ2n) is 5.10. The molecule has 3 heteroatoms. The van der Waals surface area contributed by atoms with Gasteiger partial charge >= 0.3 is 0 Å². The molecule has 18 heavy (non-hydrogen) atoms. The number of rotatable bonds is 5. The van der Waals surface area contributed by atoms with Crippen molar-refractivity contribution in [1.29, 1.82) is 0 Å². The Morgan fingerprint density at radius 1 is 1.28 bits per heavy atom. The van der Waals surface area contributed by atoms with Gasteiger partial charge in [0.05, 0.1) is 6.20 Å². The van der Waals surface area contributed by atoms with Gasteiger partial charge in [0.25, 0.3) is 0 Å². The molecule has 0 saturated heterocycles. The lowest BCUT2D eigenvalue weighted by Crippen LogP contribution is -2.13. The number of nitrogens with zero attached hydrogens (tertiary/aromatic N) is 2. The fourth-order valence-electron chi connectivity index (χ4n) is 2.39. The average Bonchev–Trinajstić information content (AvgIpc) is 3.14. The molecule has 3 nitrogen and oxygen atoms in total. The topological polar surface area (TPSA) is 29.9 Å². The van der Waals surface area contributed by atoms with E-state index in [1.165, 1.54) is 29.5 Å². The fourth-order valence-corrected chi connectivity index (χ4v) is 2.39. The van der Waals surface area contributed by atoms with Gasteiger partial charge in [-0.2, -0.15) is 5.10 Å². The maximum Gasteiger partial charge on any atom is 0.0534 e. The van der Waals surface area contributed by atoms with Crippen LogP contribution in [0.3, 0.4) is 0 Å². The molecule has 1 fully saturated rings. The maximum absolute atomic E-state index is 4.17. The monoisotopic (exact) mass is 241 g/mol. The van der Waals surface area contributed by atoms with E-state index in [1.54, 1.807) is 0 Å². The Bertz CT molecular complexity index is 526. The standard InChI is InChI=1S/C15H19N3/c1-18-11-12(9-17-18)8-16-10-14-4-2-3-5-15(14)13-6-7-13/h2-5,9,11,13,16H,6-8,10H2,1H3. The molecule has 1 N–H and O–H groups in total. The molecule has 0 aliphatic heterocycles. The number of nitrogens with one attached hydrogen (secondary N) is 1. The molecule has 1 aromatic heterocycles. The molecule has 0 unspecified atom stereocenters. The lowest BCUT2D eigenvalue weighted by atomic mass is 10.0. The predicted molar refractivity (Wildman–Crippen MR) is 72.2 cm³/mol. The second-order valence-corrected chi connectivity index (χ2v) is 5.10. The molecule has 2 aromatic rings. The average molecular weight is 241 g/mol. The fraction of sp³-hybridized carbons (Fsp3) is 0.400. The largest absolute Gasteiger partial charge is 0.308 e. The second kappa shape index (κ2) is 4.94. The van der Waals surface area contributed by atoms with Crippen LogP contribution in [0.25, 0.3) is 0 Å². The van der Waals surface area contributed by atoms with Crippen molar-refractivity contribution in [2.75, 3.05) is 0 Å². The van der Waals surface area contributed by atoms with E-state index >= 15 is 0 Å². The quantitative estimate of drug-likeness (QED) is 0.872. The van der Waals surface area contributed by atoms with Crippen molar-refractivity contribution in [3.8, 4) is 0 Å². The summed E-state index contributed by atoms with van der Waals surface area (Å²) in [6.45, 7) is 1.83. The van der Waals surface area contributed by atoms with Gasteiger partial charge in [0.15, 0.2) is 0 Å². The highest BCUT2D eigenvalue weighted by Crippen LogP contribution is 2.41. The molecule has 0 amide bonds. The van der Waals surface area contributed by atoms with Crippen LogP contribution < -0.4 is 5.32 Å². The minimum atomic E-state index is 0.821. The van der Waals surface area contributed by atoms with E-state index in [4.69, 9.17) is 0 Å². The zero-order valence-corrected chi connectivity index (χ0v) is 10.8. The van der Waals surface area contributed by atoms with E-state index in [9.17, 15) is 0 Å². The van der Waals surface area contributed by atoms with E-state index in [-0.39, 0.29) is 0 Å². The molecule has 94 valence electrons. The Kier molecular flexibility index (Phi) is 3.15. The van der Waals surface area contributed by atoms with Crippen LogP contribution in [0.1, 0.15) is 35.4 Å². The van der Waals surface area contributed by atoms with E-state index in [1.807, 2.05) is 17.9 Å². The third-order valence-corrected chi connectivity index (χ3v) is 3.48. The Balaban J connectivity index is 1.59. The lowest BCUT2D eigenvalue weighted by molar-refractivity contribution is 0.686. The first kappa shape index (κ1) is 11.5. The highest BCUT2D eigenvalue weighted by atomic mass is 15.2. The molecule has 1 aliphatic rings. The van der Waals surface area contributed by atoms with Crippen molar-refractivity contribution in [2.24, 2.45) is 7.05 Å². The van der Waals surface area contributed by atoms with Crippen molar-refractivity contribution in [1.82, 2.24) is 15.1 Å². The number of hydrogen-bond donors (Lipinski definition) is 1. The SMILES string of the molecule is Cn1cc(CNCc2ccccc2C2CC2)cn1. The molecule has 3 rings (SSSR count). The molecule has 0 bridgehead atoms. The van der Waals surface area contributed by atoms with Crippen LogP contribution >= 0.6 is 0 Å². The van der Waals surface area contributed by atoms with Gasteiger partial charge < -0.3 is 5.32 Å². The zero-order valence-electron chi connectivity index (χ0n) is 10.8. The van der Waals surface area contributed by atoms with Crippen molar-refractivity contribution >= 4 is 0 Å². The first-order chi connectivity index (χ1) is 8.83. The summed E-state index contributed by atoms with van der Waals surface area (Å²) in [5, 5.41) is 7.68. The van der Waals surface area contributed by atoms with Gasteiger partial charge in [-0.15, -0.1) is 0 Å². The Hall–Kier alpha value is -1.61. The van der Waals surface area contributed by atoms with Crippen molar-refractivity contribution in [3.63, 3.8) is 0 Å². The summed E-state index contributed by atoms with van der Waals surface area (Å²) in [6, 6.07) is 8.80. The van der Waals surface area contributed by atoms with Gasteiger partial charge in [-0.1, -0.05) is 24.3 Å². The van der Waals surface area contributed by atoms with E-state index in [0.717, 1.165) is 19.0 Å². The molecule has 1 aromatic carbocycles. The van der Waals surface area contributed by atoms with Gasteiger partial charge in [-0.3, -0.25) is 4.68 Å². The van der Waals surface area contributed by atoms with Crippen LogP contribution in [-0.2, 0) is 20.1 Å². The summed E-state index contributed by atoms with van der Waals surface area (Å²) in [6.07, 6.45) is 6.69. The Morgan fingerprint density at radius 3 is 2.83 bits per heavy atom. The summed E-state index contributed by atoms with van der Waals surface area (Å²) >= 11 is 0. The first-order valence-corrected chi connectivity index (χ1v) is 6.59. The Labute approximate surface area is 108 Å². The lowest BCUT2D eigenvalue weighted by Gasteiger charge is -2.09. The summed E-state index contributed by atoms with van der Waals surface area (Å²) in [4.78, 5) is 0. The molecular weight excluding hydrogens is 222 g/mol. The van der Waals surface area contributed by atoms with Crippen LogP contribution in [0, 0.1) is 0 Å². The van der Waals surface area contributed by atoms with Crippen LogP contribution in [-0.4, -0.2) is 9.78 Å². The number of aromatic nitrogens is 2. The smallest absolute Gasteiger partial charge is 0.0534 e. The van der Waals surface area contributed by atoms with Crippen LogP contribution in [0.2, 0.25) is 0 Å². The van der Waals surface area contributed by atoms with Gasteiger partial charge in [0, 0.05) is 31.9 Å². The van der Waals surface area contributed by atoms with E-state index in [0.29, 0.717) is 0 Å². The molecule has 0 spiro atoms. The zero-order chi connectivity index (χ0) is 12.4. The molecular formula is C15H19N3. The van der Waals surface area contributed by atoms with Crippen molar-refractivity contribution < 1.29 is 0 Å². The maximum atomic E-state index is 4.17. The first-order valence-electron chi connectivity index (χ1n) is 6.59. The van der Waals surface area contributed by atoms with Gasteiger partial charge in [0.2, 0.25) is 0 Å². The van der Waals surface area contributed by atoms with Crippen molar-refractivity contribution in [2.45, 2.75) is 31.8 Å². The van der Waals surface area contributed by atoms with Gasteiger partial charge in [-0.25, -0.2) is 0 Å². The third kappa shape index (κ3) is 2.62. The minimum Gasteiger partial charge on any atom is -0.308 e. The van der Waals surface area contributed by atoms with Crippen LogP contribution in [0.15, 0.2) is 36.7 Å². The summed E-state index contributed by atoms with van der Waals surface area (Å²) in [7, 11) is 1.95. The number of hydrogen-bond acceptors (Lipinski definition) is 2. The molecule has 1 saturated carbocycles. The molecule has 0 radical (unpaired) electrons. The summed E-state index contributed by atoms with van der Waals surface area (Å²) in [5.41, 5.74) is 4.22. The summed E-state index contributed by atoms with van der Waals surface area (Å²) in [5.74, 6) is 0.821. The number of aryl methyl sites for hydroxylation is 1. The van der Waals surface area contributed by atoms with E-state index in [2.05, 4.69) is 40.9 Å². The normalized spacial score (nSPS) is 14.9. The Morgan fingerprint density at radius 2 is 2.11 bits per heavy atom. The molecule has 1 heterocycles. The van der Waals surface area contributed by atoms with Gasteiger partial charge in [0.1, 0.15) is 0 Å². The van der Waals surface area contributed by atoms with Crippen LogP contribution in [0.5, 0.6) is 0 Å². The predicted octanol–water partition coefficient (Wildman–Crippen LogP) is 2.59. The van der Waals surface area contributed by atoms with Crippen LogP contribution in [0.4, 0.5) is 0 Å².